The molecule has 6 heteroatoms. The number of nitrogens with one attached hydrogen (secondary N) is 1. The van der Waals surface area contributed by atoms with Crippen LogP contribution >= 0.6 is 11.8 Å². The number of thioether (sulfide) groups is 1. The predicted octanol–water partition coefficient (Wildman–Crippen LogP) is 2.42. The number of carbonyl (C=O) groups excluding carboxylic acids is 1. The lowest BCUT2D eigenvalue weighted by molar-refractivity contribution is -0.118. The molecule has 1 aromatic rings. The van der Waals surface area contributed by atoms with Gasteiger partial charge in [0.15, 0.2) is 5.17 Å². The zero-order valence-electron chi connectivity index (χ0n) is 11.5. The Morgan fingerprint density at radius 1 is 1.40 bits per heavy atom. The van der Waals surface area contributed by atoms with Gasteiger partial charge in [0, 0.05) is 0 Å². The summed E-state index contributed by atoms with van der Waals surface area (Å²) in [5.41, 5.74) is 0.926. The highest BCUT2D eigenvalue weighted by Gasteiger charge is 2.29. The van der Waals surface area contributed by atoms with Gasteiger partial charge in [-0.15, -0.1) is 5.10 Å². The van der Waals surface area contributed by atoms with Crippen molar-refractivity contribution in [3.63, 3.8) is 0 Å². The van der Waals surface area contributed by atoms with E-state index in [2.05, 4.69) is 22.4 Å². The topological polar surface area (TPSA) is 63.1 Å². The fourth-order valence-corrected chi connectivity index (χ4v) is 2.79. The summed E-state index contributed by atoms with van der Waals surface area (Å²) < 4.78 is 5.08. The van der Waals surface area contributed by atoms with Gasteiger partial charge in [0.25, 0.3) is 0 Å². The number of amidine groups is 1. The molecule has 0 bridgehead atoms. The summed E-state index contributed by atoms with van der Waals surface area (Å²) in [5.74, 6) is 0.824. The summed E-state index contributed by atoms with van der Waals surface area (Å²) in [6.07, 6.45) is 3.48. The second-order valence-electron chi connectivity index (χ2n) is 4.31. The van der Waals surface area contributed by atoms with Gasteiger partial charge in [0.2, 0.25) is 5.91 Å². The maximum Gasteiger partial charge on any atom is 0.239 e. The third-order valence-corrected chi connectivity index (χ3v) is 3.94. The van der Waals surface area contributed by atoms with Crippen molar-refractivity contribution in [2.24, 2.45) is 10.2 Å². The van der Waals surface area contributed by atoms with E-state index in [-0.39, 0.29) is 11.2 Å². The van der Waals surface area contributed by atoms with E-state index in [1.54, 1.807) is 13.3 Å². The Labute approximate surface area is 122 Å². The smallest absolute Gasteiger partial charge is 0.239 e. The van der Waals surface area contributed by atoms with Gasteiger partial charge in [0.05, 0.1) is 18.6 Å². The molecule has 106 valence electrons. The van der Waals surface area contributed by atoms with Gasteiger partial charge >= 0.3 is 0 Å². The van der Waals surface area contributed by atoms with Crippen LogP contribution in [0, 0.1) is 0 Å². The Morgan fingerprint density at radius 3 is 2.80 bits per heavy atom. The van der Waals surface area contributed by atoms with Gasteiger partial charge in [-0.3, -0.25) is 4.79 Å². The second kappa shape index (κ2) is 7.09. The minimum atomic E-state index is -0.0325. The minimum absolute atomic E-state index is 0.0234. The third-order valence-electron chi connectivity index (χ3n) is 2.80. The van der Waals surface area contributed by atoms with Gasteiger partial charge in [-0.2, -0.15) is 5.10 Å². The van der Waals surface area contributed by atoms with Crippen LogP contribution in [-0.4, -0.2) is 29.6 Å². The number of carbonyl (C=O) groups is 1. The summed E-state index contributed by atoms with van der Waals surface area (Å²) in [6, 6.07) is 7.50. The summed E-state index contributed by atoms with van der Waals surface area (Å²) in [4.78, 5) is 11.6. The molecule has 2 rings (SSSR count). The lowest BCUT2D eigenvalue weighted by atomic mass is 10.2. The van der Waals surface area contributed by atoms with E-state index in [1.165, 1.54) is 11.8 Å². The minimum Gasteiger partial charge on any atom is -0.497 e. The molecule has 0 saturated carbocycles. The SMILES string of the molecule is CCC[C@@H]1S/C(=N\N=C/c2ccc(OC)cc2)NC1=O. The number of ether oxygens (including phenoxy) is 1. The van der Waals surface area contributed by atoms with Crippen LogP contribution in [0.4, 0.5) is 0 Å². The highest BCUT2D eigenvalue weighted by atomic mass is 32.2. The zero-order valence-corrected chi connectivity index (χ0v) is 12.3. The molecule has 1 heterocycles. The van der Waals surface area contributed by atoms with Crippen molar-refractivity contribution >= 4 is 29.1 Å². The molecule has 0 spiro atoms. The van der Waals surface area contributed by atoms with Gasteiger partial charge in [0.1, 0.15) is 5.75 Å². The Balaban J connectivity index is 1.95. The maximum absolute atomic E-state index is 11.6. The molecule has 1 amide bonds. The summed E-state index contributed by atoms with van der Waals surface area (Å²) >= 11 is 1.44. The van der Waals surface area contributed by atoms with Crippen molar-refractivity contribution in [1.29, 1.82) is 0 Å². The van der Waals surface area contributed by atoms with E-state index in [9.17, 15) is 4.79 Å². The molecule has 1 N–H and O–H groups in total. The van der Waals surface area contributed by atoms with Crippen molar-refractivity contribution in [2.75, 3.05) is 7.11 Å². The number of hydrogen-bond acceptors (Lipinski definition) is 5. The zero-order chi connectivity index (χ0) is 14.4. The van der Waals surface area contributed by atoms with Gasteiger partial charge in [-0.05, 0) is 36.2 Å². The molecule has 1 aliphatic rings. The Bertz CT molecular complexity index is 526. The van der Waals surface area contributed by atoms with Gasteiger partial charge < -0.3 is 10.1 Å². The monoisotopic (exact) mass is 291 g/mol. The number of amides is 1. The quantitative estimate of drug-likeness (QED) is 0.669. The number of rotatable bonds is 5. The predicted molar refractivity (Wildman–Crippen MR) is 82.5 cm³/mol. The first kappa shape index (κ1) is 14.6. The normalized spacial score (nSPS) is 20.6. The number of methoxy groups -OCH3 is 1. The molecular formula is C14H17N3O2S. The molecule has 1 aliphatic heterocycles. The molecular weight excluding hydrogens is 274 g/mol. The van der Waals surface area contributed by atoms with Gasteiger partial charge in [-0.1, -0.05) is 25.1 Å². The van der Waals surface area contributed by atoms with E-state index in [1.807, 2.05) is 24.3 Å². The fraction of sp³-hybridized carbons (Fsp3) is 0.357. The van der Waals surface area contributed by atoms with Crippen LogP contribution < -0.4 is 10.1 Å². The molecule has 1 fully saturated rings. The highest BCUT2D eigenvalue weighted by molar-refractivity contribution is 8.15. The van der Waals surface area contributed by atoms with E-state index in [0.29, 0.717) is 5.17 Å². The van der Waals surface area contributed by atoms with E-state index in [0.717, 1.165) is 24.2 Å². The average molecular weight is 291 g/mol. The number of benzene rings is 1. The molecule has 0 aromatic heterocycles. The maximum atomic E-state index is 11.6. The summed E-state index contributed by atoms with van der Waals surface area (Å²) in [7, 11) is 1.63. The average Bonchev–Trinajstić information content (AvgIpc) is 2.80. The van der Waals surface area contributed by atoms with Crippen LogP contribution in [0.2, 0.25) is 0 Å². The lowest BCUT2D eigenvalue weighted by Crippen LogP contribution is -2.24. The van der Waals surface area contributed by atoms with E-state index < -0.39 is 0 Å². The van der Waals surface area contributed by atoms with Crippen molar-refractivity contribution < 1.29 is 9.53 Å². The van der Waals surface area contributed by atoms with Crippen LogP contribution in [0.15, 0.2) is 34.5 Å². The first-order chi connectivity index (χ1) is 9.72. The van der Waals surface area contributed by atoms with Crippen molar-refractivity contribution in [3.05, 3.63) is 29.8 Å². The lowest BCUT2D eigenvalue weighted by Gasteiger charge is -1.99. The van der Waals surface area contributed by atoms with Crippen LogP contribution in [-0.2, 0) is 4.79 Å². The Morgan fingerprint density at radius 2 is 2.15 bits per heavy atom. The highest BCUT2D eigenvalue weighted by Crippen LogP contribution is 2.23. The third kappa shape index (κ3) is 3.84. The van der Waals surface area contributed by atoms with Crippen molar-refractivity contribution in [1.82, 2.24) is 5.32 Å². The van der Waals surface area contributed by atoms with E-state index >= 15 is 0 Å². The number of nitrogens with zero attached hydrogens (tertiary/aromatic N) is 2. The van der Waals surface area contributed by atoms with Crippen LogP contribution in [0.1, 0.15) is 25.3 Å². The van der Waals surface area contributed by atoms with Crippen LogP contribution in [0.3, 0.4) is 0 Å². The standard InChI is InChI=1S/C14H17N3O2S/c1-3-4-12-13(18)16-14(20-12)17-15-9-10-5-7-11(19-2)8-6-10/h5-9,12H,3-4H2,1-2H3,(H,16,17,18)/b15-9-/t12-/m0/s1. The molecule has 20 heavy (non-hydrogen) atoms. The second-order valence-corrected chi connectivity index (χ2v) is 5.50. The Hall–Kier alpha value is -1.82. The molecule has 1 saturated heterocycles. The van der Waals surface area contributed by atoms with E-state index in [4.69, 9.17) is 4.74 Å². The van der Waals surface area contributed by atoms with Crippen molar-refractivity contribution in [3.8, 4) is 5.75 Å². The molecule has 0 radical (unpaired) electrons. The largest absolute Gasteiger partial charge is 0.497 e. The Kier molecular flexibility index (Phi) is 5.17. The molecule has 0 unspecified atom stereocenters. The fourth-order valence-electron chi connectivity index (χ4n) is 1.74. The molecule has 1 atom stereocenters. The van der Waals surface area contributed by atoms with Crippen molar-refractivity contribution in [2.45, 2.75) is 25.0 Å². The molecule has 0 aliphatic carbocycles. The van der Waals surface area contributed by atoms with Crippen LogP contribution in [0.5, 0.6) is 5.75 Å². The number of hydrogen-bond donors (Lipinski definition) is 1. The summed E-state index contributed by atoms with van der Waals surface area (Å²) in [6.45, 7) is 2.06. The molecule has 5 nitrogen and oxygen atoms in total. The van der Waals surface area contributed by atoms with Gasteiger partial charge in [-0.25, -0.2) is 0 Å². The first-order valence-corrected chi connectivity index (χ1v) is 7.33. The first-order valence-electron chi connectivity index (χ1n) is 6.45. The summed E-state index contributed by atoms with van der Waals surface area (Å²) in [5, 5.41) is 11.3. The molecule has 1 aromatic carbocycles. The van der Waals surface area contributed by atoms with Crippen LogP contribution in [0.25, 0.3) is 0 Å².